The summed E-state index contributed by atoms with van der Waals surface area (Å²) < 4.78 is 45.7. The van der Waals surface area contributed by atoms with Crippen LogP contribution in [0, 0.1) is 17.5 Å². The van der Waals surface area contributed by atoms with E-state index in [4.69, 9.17) is 0 Å². The second kappa shape index (κ2) is 11.1. The summed E-state index contributed by atoms with van der Waals surface area (Å²) in [5.74, 6) is -1.67. The molecule has 2 amide bonds. The second-order valence-electron chi connectivity index (χ2n) is 9.39. The number of nitrogens with one attached hydrogen (secondary N) is 1. The molecule has 3 aromatic rings. The Morgan fingerprint density at radius 3 is 2.32 bits per heavy atom. The number of nitrogens with zero attached hydrogens (tertiary/aromatic N) is 1. The number of piperidine rings is 1. The Balaban J connectivity index is 1.51. The monoisotopic (exact) mass is 510 g/mol. The maximum absolute atomic E-state index is 14.2. The lowest BCUT2D eigenvalue weighted by molar-refractivity contribution is -0.138. The van der Waals surface area contributed by atoms with Gasteiger partial charge in [-0.15, -0.1) is 0 Å². The summed E-state index contributed by atoms with van der Waals surface area (Å²) in [5, 5.41) is 2.68. The van der Waals surface area contributed by atoms with Gasteiger partial charge in [0, 0.05) is 36.6 Å². The molecule has 0 radical (unpaired) electrons. The van der Waals surface area contributed by atoms with Crippen molar-refractivity contribution in [2.45, 2.75) is 37.6 Å². The van der Waals surface area contributed by atoms with Crippen molar-refractivity contribution in [3.63, 3.8) is 0 Å². The zero-order valence-electron chi connectivity index (χ0n) is 20.8. The van der Waals surface area contributed by atoms with Crippen LogP contribution < -0.4 is 5.32 Å². The number of amides is 2. The molecule has 1 fully saturated rings. The standard InChI is InChI=1S/C29H29F3N2O3/c1-19(20-3-5-21(6-4-20)25-12-11-24(31)17-26(25)32)34-16-14-29(18-27(34)35,13-15-33-28(36)37-2)22-7-9-23(30)10-8-22/h3-12,17,19H,13-16,18H2,1-2H3,(H,33,36)/t19-,29+/m0/s1. The third kappa shape index (κ3) is 5.79. The predicted octanol–water partition coefficient (Wildman–Crippen LogP) is 6.14. The van der Waals surface area contributed by atoms with Crippen LogP contribution in [-0.4, -0.2) is 37.1 Å². The molecule has 3 aromatic carbocycles. The van der Waals surface area contributed by atoms with Crippen LogP contribution in [0.5, 0.6) is 0 Å². The highest BCUT2D eigenvalue weighted by atomic mass is 19.1. The van der Waals surface area contributed by atoms with Crippen molar-refractivity contribution in [1.29, 1.82) is 0 Å². The molecule has 4 rings (SSSR count). The van der Waals surface area contributed by atoms with Gasteiger partial charge in [0.25, 0.3) is 0 Å². The quantitative estimate of drug-likeness (QED) is 0.416. The van der Waals surface area contributed by atoms with Crippen molar-refractivity contribution in [2.24, 2.45) is 0 Å². The van der Waals surface area contributed by atoms with Crippen LogP contribution in [0.15, 0.2) is 66.7 Å². The van der Waals surface area contributed by atoms with Gasteiger partial charge in [-0.2, -0.15) is 0 Å². The summed E-state index contributed by atoms with van der Waals surface area (Å²) in [6.07, 6.45) is 0.802. The van der Waals surface area contributed by atoms with E-state index in [1.807, 2.05) is 24.0 Å². The van der Waals surface area contributed by atoms with Crippen LogP contribution >= 0.6 is 0 Å². The number of hydrogen-bond donors (Lipinski definition) is 1. The van der Waals surface area contributed by atoms with Crippen molar-refractivity contribution >= 4 is 12.0 Å². The Bertz CT molecular complexity index is 1260. The van der Waals surface area contributed by atoms with E-state index < -0.39 is 23.1 Å². The number of carbonyl (C=O) groups excluding carboxylic acids is 2. The van der Waals surface area contributed by atoms with Gasteiger partial charge in [0.05, 0.1) is 13.2 Å². The molecule has 8 heteroatoms. The van der Waals surface area contributed by atoms with Gasteiger partial charge in [-0.25, -0.2) is 18.0 Å². The largest absolute Gasteiger partial charge is 0.453 e. The van der Waals surface area contributed by atoms with Gasteiger partial charge in [0.15, 0.2) is 0 Å². The second-order valence-corrected chi connectivity index (χ2v) is 9.39. The van der Waals surface area contributed by atoms with E-state index in [9.17, 15) is 22.8 Å². The number of likely N-dealkylation sites (tertiary alicyclic amines) is 1. The molecule has 0 aliphatic carbocycles. The molecule has 37 heavy (non-hydrogen) atoms. The SMILES string of the molecule is COC(=O)NCC[C@@]1(c2ccc(F)cc2)CCN([C@@H](C)c2ccc(-c3ccc(F)cc3F)cc2)C(=O)C1. The van der Waals surface area contributed by atoms with E-state index in [2.05, 4.69) is 10.1 Å². The molecule has 1 aliphatic rings. The van der Waals surface area contributed by atoms with Crippen LogP contribution in [0.3, 0.4) is 0 Å². The minimum absolute atomic E-state index is 0.0465. The molecule has 194 valence electrons. The van der Waals surface area contributed by atoms with Gasteiger partial charge >= 0.3 is 6.09 Å². The van der Waals surface area contributed by atoms with Crippen molar-refractivity contribution in [3.8, 4) is 11.1 Å². The number of benzene rings is 3. The van der Waals surface area contributed by atoms with Gasteiger partial charge in [0.1, 0.15) is 17.5 Å². The summed E-state index contributed by atoms with van der Waals surface area (Å²) in [6.45, 7) is 2.73. The molecule has 1 aliphatic heterocycles. The molecule has 1 saturated heterocycles. The number of rotatable bonds is 7. The average Bonchev–Trinajstić information content (AvgIpc) is 2.89. The van der Waals surface area contributed by atoms with Gasteiger partial charge in [-0.1, -0.05) is 36.4 Å². The van der Waals surface area contributed by atoms with Crippen molar-refractivity contribution < 1.29 is 27.5 Å². The lowest BCUT2D eigenvalue weighted by Crippen LogP contribution is -2.48. The third-order valence-electron chi connectivity index (χ3n) is 7.26. The highest BCUT2D eigenvalue weighted by Gasteiger charge is 2.41. The van der Waals surface area contributed by atoms with Gasteiger partial charge in [-0.05, 0) is 60.7 Å². The smallest absolute Gasteiger partial charge is 0.406 e. The average molecular weight is 511 g/mol. The molecular weight excluding hydrogens is 481 g/mol. The highest BCUT2D eigenvalue weighted by molar-refractivity contribution is 5.79. The Hall–Kier alpha value is -3.81. The third-order valence-corrected chi connectivity index (χ3v) is 7.26. The first-order valence-electron chi connectivity index (χ1n) is 12.2. The number of halogens is 3. The Morgan fingerprint density at radius 1 is 1.03 bits per heavy atom. The summed E-state index contributed by atoms with van der Waals surface area (Å²) in [6, 6.07) is 16.6. The number of alkyl carbamates (subject to hydrolysis) is 1. The molecule has 0 saturated carbocycles. The first kappa shape index (κ1) is 26.3. The fraction of sp³-hybridized carbons (Fsp3) is 0.310. The number of methoxy groups -OCH3 is 1. The summed E-state index contributed by atoms with van der Waals surface area (Å²) in [7, 11) is 1.29. The van der Waals surface area contributed by atoms with E-state index in [0.717, 1.165) is 17.2 Å². The molecule has 1 heterocycles. The van der Waals surface area contributed by atoms with Crippen LogP contribution in [0.2, 0.25) is 0 Å². The topological polar surface area (TPSA) is 58.6 Å². The van der Waals surface area contributed by atoms with Gasteiger partial charge in [-0.3, -0.25) is 4.79 Å². The van der Waals surface area contributed by atoms with Crippen LogP contribution in [-0.2, 0) is 14.9 Å². The summed E-state index contributed by atoms with van der Waals surface area (Å²) in [4.78, 5) is 26.8. The van der Waals surface area contributed by atoms with E-state index in [-0.39, 0.29) is 24.2 Å². The highest BCUT2D eigenvalue weighted by Crippen LogP contribution is 2.41. The fourth-order valence-corrected chi connectivity index (χ4v) is 5.08. The molecule has 0 bridgehead atoms. The summed E-state index contributed by atoms with van der Waals surface area (Å²) >= 11 is 0. The molecule has 0 aromatic heterocycles. The number of hydrogen-bond acceptors (Lipinski definition) is 3. The van der Waals surface area contributed by atoms with E-state index in [0.29, 0.717) is 37.1 Å². The molecule has 2 atom stereocenters. The number of ether oxygens (including phenoxy) is 1. The van der Waals surface area contributed by atoms with Crippen LogP contribution in [0.1, 0.15) is 43.4 Å². The van der Waals surface area contributed by atoms with Gasteiger partial charge in [0.2, 0.25) is 5.91 Å². The Labute approximate surface area is 214 Å². The normalized spacial score (nSPS) is 18.4. The zero-order chi connectivity index (χ0) is 26.6. The van der Waals surface area contributed by atoms with E-state index in [1.165, 1.54) is 31.4 Å². The van der Waals surface area contributed by atoms with Crippen LogP contribution in [0.4, 0.5) is 18.0 Å². The molecule has 5 nitrogen and oxygen atoms in total. The zero-order valence-corrected chi connectivity index (χ0v) is 20.8. The minimum Gasteiger partial charge on any atom is -0.453 e. The lowest BCUT2D eigenvalue weighted by atomic mass is 9.70. The molecule has 1 N–H and O–H groups in total. The Kier molecular flexibility index (Phi) is 7.86. The van der Waals surface area contributed by atoms with E-state index >= 15 is 0 Å². The number of carbonyl (C=O) groups is 2. The van der Waals surface area contributed by atoms with Gasteiger partial charge < -0.3 is 15.0 Å². The maximum Gasteiger partial charge on any atom is 0.406 e. The predicted molar refractivity (Wildman–Crippen MR) is 134 cm³/mol. The fourth-order valence-electron chi connectivity index (χ4n) is 5.08. The van der Waals surface area contributed by atoms with Crippen molar-refractivity contribution in [2.75, 3.05) is 20.2 Å². The Morgan fingerprint density at radius 2 is 1.70 bits per heavy atom. The van der Waals surface area contributed by atoms with Crippen molar-refractivity contribution in [3.05, 3.63) is 95.3 Å². The summed E-state index contributed by atoms with van der Waals surface area (Å²) in [5.41, 5.74) is 2.12. The molecule has 0 unspecified atom stereocenters. The van der Waals surface area contributed by atoms with E-state index in [1.54, 1.807) is 24.3 Å². The first-order valence-corrected chi connectivity index (χ1v) is 12.2. The first-order chi connectivity index (χ1) is 17.7. The van der Waals surface area contributed by atoms with Crippen LogP contribution in [0.25, 0.3) is 11.1 Å². The lowest BCUT2D eigenvalue weighted by Gasteiger charge is -2.44. The molecular formula is C29H29F3N2O3. The minimum atomic E-state index is -0.633. The maximum atomic E-state index is 14.2. The molecule has 0 spiro atoms. The van der Waals surface area contributed by atoms with Crippen molar-refractivity contribution in [1.82, 2.24) is 10.2 Å².